The van der Waals surface area contributed by atoms with Crippen molar-refractivity contribution in [1.82, 2.24) is 14.8 Å². The molecule has 134 valence electrons. The van der Waals surface area contributed by atoms with Crippen LogP contribution in [0.1, 0.15) is 22.0 Å². The van der Waals surface area contributed by atoms with Crippen molar-refractivity contribution in [2.75, 3.05) is 27.2 Å². The molecule has 25 heavy (non-hydrogen) atoms. The minimum atomic E-state index is -0.515. The second kappa shape index (κ2) is 8.13. The molecule has 0 aliphatic carbocycles. The van der Waals surface area contributed by atoms with Crippen LogP contribution < -0.4 is 5.32 Å². The topological polar surface area (TPSA) is 80.4 Å². The summed E-state index contributed by atoms with van der Waals surface area (Å²) < 4.78 is 1.28. The van der Waals surface area contributed by atoms with Crippen LogP contribution >= 0.6 is 11.6 Å². The van der Waals surface area contributed by atoms with Crippen LogP contribution in [-0.4, -0.2) is 47.5 Å². The van der Waals surface area contributed by atoms with E-state index in [9.17, 15) is 14.9 Å². The lowest BCUT2D eigenvalue weighted by atomic mass is 9.98. The van der Waals surface area contributed by atoms with Crippen LogP contribution in [0.5, 0.6) is 0 Å². The van der Waals surface area contributed by atoms with Crippen molar-refractivity contribution >= 4 is 23.3 Å². The first kappa shape index (κ1) is 19.0. The number of halogens is 1. The molecule has 2 rings (SSSR count). The lowest BCUT2D eigenvalue weighted by Crippen LogP contribution is -2.33. The molecule has 1 amide bonds. The second-order valence-electron chi connectivity index (χ2n) is 6.11. The van der Waals surface area contributed by atoms with Gasteiger partial charge in [0.2, 0.25) is 0 Å². The molecule has 0 saturated carbocycles. The number of amides is 1. The van der Waals surface area contributed by atoms with Crippen LogP contribution in [0.3, 0.4) is 0 Å². The lowest BCUT2D eigenvalue weighted by molar-refractivity contribution is -0.391. The van der Waals surface area contributed by atoms with Gasteiger partial charge >= 0.3 is 5.82 Å². The van der Waals surface area contributed by atoms with Gasteiger partial charge in [-0.3, -0.25) is 4.79 Å². The fourth-order valence-corrected chi connectivity index (χ4v) is 2.81. The van der Waals surface area contributed by atoms with Crippen molar-refractivity contribution in [3.05, 3.63) is 62.8 Å². The Morgan fingerprint density at radius 3 is 2.44 bits per heavy atom. The van der Waals surface area contributed by atoms with Gasteiger partial charge in [0, 0.05) is 30.1 Å². The molecule has 1 N–H and O–H groups in total. The summed E-state index contributed by atoms with van der Waals surface area (Å²) in [5.41, 5.74) is 1.32. The first-order valence-corrected chi connectivity index (χ1v) is 8.16. The summed E-state index contributed by atoms with van der Waals surface area (Å²) in [5, 5.41) is 14.4. The zero-order valence-corrected chi connectivity index (χ0v) is 15.2. The van der Waals surface area contributed by atoms with Gasteiger partial charge in [0.05, 0.1) is 7.05 Å². The quantitative estimate of drug-likeness (QED) is 0.605. The zero-order valence-electron chi connectivity index (χ0n) is 14.4. The van der Waals surface area contributed by atoms with E-state index < -0.39 is 4.92 Å². The molecule has 1 atom stereocenters. The number of nitro groups is 1. The molecule has 0 fully saturated rings. The van der Waals surface area contributed by atoms with Gasteiger partial charge in [0.15, 0.2) is 5.69 Å². The summed E-state index contributed by atoms with van der Waals surface area (Å²) >= 11 is 5.94. The van der Waals surface area contributed by atoms with Gasteiger partial charge in [-0.25, -0.2) is 4.57 Å². The first-order chi connectivity index (χ1) is 11.8. The summed E-state index contributed by atoms with van der Waals surface area (Å²) in [6.07, 6.45) is 0. The molecule has 0 spiro atoms. The molecule has 1 aromatic heterocycles. The highest BCUT2D eigenvalue weighted by atomic mass is 35.5. The van der Waals surface area contributed by atoms with Gasteiger partial charge < -0.3 is 20.3 Å². The van der Waals surface area contributed by atoms with E-state index in [-0.39, 0.29) is 23.3 Å². The minimum absolute atomic E-state index is 0.0754. The fraction of sp³-hybridized carbons (Fsp3) is 0.353. The van der Waals surface area contributed by atoms with Gasteiger partial charge in [-0.2, -0.15) is 0 Å². The monoisotopic (exact) mass is 364 g/mol. The van der Waals surface area contributed by atoms with Crippen molar-refractivity contribution in [3.8, 4) is 0 Å². The average Bonchev–Trinajstić information content (AvgIpc) is 2.93. The smallest absolute Gasteiger partial charge is 0.323 e. The Balaban J connectivity index is 2.10. The Hall–Kier alpha value is -2.38. The van der Waals surface area contributed by atoms with Gasteiger partial charge in [-0.1, -0.05) is 23.7 Å². The Kier molecular flexibility index (Phi) is 6.17. The van der Waals surface area contributed by atoms with Crippen LogP contribution in [0.15, 0.2) is 36.4 Å². The van der Waals surface area contributed by atoms with Gasteiger partial charge in [-0.15, -0.1) is 0 Å². The van der Waals surface area contributed by atoms with Crippen molar-refractivity contribution in [3.63, 3.8) is 0 Å². The molecule has 0 saturated heterocycles. The SMILES string of the molecule is CN(C)CC(CNC(=O)c1ccc([N+](=O)[O-])n1C)c1ccc(Cl)cc1. The molecule has 2 aromatic rings. The third kappa shape index (κ3) is 4.80. The number of nitrogens with one attached hydrogen (secondary N) is 1. The summed E-state index contributed by atoms with van der Waals surface area (Å²) in [6.45, 7) is 1.16. The number of benzene rings is 1. The van der Waals surface area contributed by atoms with Crippen LogP contribution in [0.2, 0.25) is 5.02 Å². The Labute approximate surface area is 151 Å². The number of aromatic nitrogens is 1. The minimum Gasteiger partial charge on any atom is -0.358 e. The standard InChI is InChI=1S/C17H21ClN4O3/c1-20(2)11-13(12-4-6-14(18)7-5-12)10-19-17(23)15-8-9-16(21(15)3)22(24)25/h4-9,13H,10-11H2,1-3H3,(H,19,23). The maximum absolute atomic E-state index is 12.4. The summed E-state index contributed by atoms with van der Waals surface area (Å²) in [7, 11) is 5.43. The second-order valence-corrected chi connectivity index (χ2v) is 6.55. The first-order valence-electron chi connectivity index (χ1n) is 7.78. The maximum atomic E-state index is 12.4. The van der Waals surface area contributed by atoms with Crippen molar-refractivity contribution in [2.24, 2.45) is 7.05 Å². The largest absolute Gasteiger partial charge is 0.358 e. The highest BCUT2D eigenvalue weighted by Gasteiger charge is 2.22. The molecule has 1 aromatic carbocycles. The normalized spacial score (nSPS) is 12.2. The number of carbonyl (C=O) groups excluding carboxylic acids is 1. The van der Waals surface area contributed by atoms with Gasteiger partial charge in [0.25, 0.3) is 5.91 Å². The van der Waals surface area contributed by atoms with Gasteiger partial charge in [0.1, 0.15) is 0 Å². The highest BCUT2D eigenvalue weighted by Crippen LogP contribution is 2.20. The Morgan fingerprint density at radius 2 is 1.92 bits per heavy atom. The fourth-order valence-electron chi connectivity index (χ4n) is 2.68. The predicted molar refractivity (Wildman–Crippen MR) is 97.1 cm³/mol. The highest BCUT2D eigenvalue weighted by molar-refractivity contribution is 6.30. The summed E-state index contributed by atoms with van der Waals surface area (Å²) in [4.78, 5) is 24.8. The van der Waals surface area contributed by atoms with Crippen molar-refractivity contribution in [1.29, 1.82) is 0 Å². The van der Waals surface area contributed by atoms with E-state index in [0.29, 0.717) is 11.6 Å². The van der Waals surface area contributed by atoms with E-state index in [2.05, 4.69) is 5.32 Å². The molecule has 1 heterocycles. The van der Waals surface area contributed by atoms with Crippen LogP contribution in [0.25, 0.3) is 0 Å². The number of carbonyl (C=O) groups is 1. The van der Waals surface area contributed by atoms with E-state index >= 15 is 0 Å². The van der Waals surface area contributed by atoms with Crippen molar-refractivity contribution < 1.29 is 9.72 Å². The number of hydrogen-bond acceptors (Lipinski definition) is 4. The molecule has 1 unspecified atom stereocenters. The molecule has 0 radical (unpaired) electrons. The van der Waals surface area contributed by atoms with Crippen LogP contribution in [0, 0.1) is 10.1 Å². The van der Waals surface area contributed by atoms with Crippen LogP contribution in [-0.2, 0) is 7.05 Å². The molecule has 0 aliphatic rings. The Morgan fingerprint density at radius 1 is 1.28 bits per heavy atom. The molecule has 0 bridgehead atoms. The van der Waals surface area contributed by atoms with Crippen LogP contribution in [0.4, 0.5) is 5.82 Å². The molecular formula is C17H21ClN4O3. The van der Waals surface area contributed by atoms with E-state index in [1.165, 1.54) is 23.7 Å². The Bertz CT molecular complexity index is 756. The third-order valence-corrected chi connectivity index (χ3v) is 4.20. The predicted octanol–water partition coefficient (Wildman–Crippen LogP) is 2.66. The molecule has 0 aliphatic heterocycles. The molecule has 7 nitrogen and oxygen atoms in total. The van der Waals surface area contributed by atoms with Gasteiger partial charge in [-0.05, 0) is 42.8 Å². The van der Waals surface area contributed by atoms with Crippen molar-refractivity contribution in [2.45, 2.75) is 5.92 Å². The number of hydrogen-bond donors (Lipinski definition) is 1. The maximum Gasteiger partial charge on any atom is 0.323 e. The zero-order chi connectivity index (χ0) is 18.6. The van der Waals surface area contributed by atoms with E-state index in [1.807, 2.05) is 43.3 Å². The van der Waals surface area contributed by atoms with E-state index in [0.717, 1.165) is 12.1 Å². The lowest BCUT2D eigenvalue weighted by Gasteiger charge is -2.22. The summed E-state index contributed by atoms with van der Waals surface area (Å²) in [5.74, 6) is -0.382. The average molecular weight is 365 g/mol. The molecule has 8 heteroatoms. The molecular weight excluding hydrogens is 344 g/mol. The third-order valence-electron chi connectivity index (χ3n) is 3.95. The van der Waals surface area contributed by atoms with E-state index in [4.69, 9.17) is 11.6 Å². The number of likely N-dealkylation sites (N-methyl/N-ethyl adjacent to an activating group) is 1. The number of rotatable bonds is 7. The van der Waals surface area contributed by atoms with E-state index in [1.54, 1.807) is 0 Å². The summed E-state index contributed by atoms with van der Waals surface area (Å²) in [6, 6.07) is 10.3. The number of nitrogens with zero attached hydrogens (tertiary/aromatic N) is 3.